The maximum atomic E-state index is 15.2. The highest BCUT2D eigenvalue weighted by molar-refractivity contribution is 7.93. The van der Waals surface area contributed by atoms with E-state index in [-0.39, 0.29) is 50.8 Å². The number of benzene rings is 1. The molecule has 5 aromatic rings. The average Bonchev–Trinajstić information content (AvgIpc) is 3.70. The molecule has 44 heavy (non-hydrogen) atoms. The molecule has 1 aliphatic carbocycles. The van der Waals surface area contributed by atoms with Gasteiger partial charge in [0.05, 0.1) is 22.8 Å². The van der Waals surface area contributed by atoms with Gasteiger partial charge in [-0.05, 0) is 62.1 Å². The molecule has 2 fully saturated rings. The zero-order valence-electron chi connectivity index (χ0n) is 23.8. The molecule has 1 aromatic carbocycles. The highest BCUT2D eigenvalue weighted by atomic mass is 32.2. The first-order valence-electron chi connectivity index (χ1n) is 14.3. The van der Waals surface area contributed by atoms with Crippen LogP contribution in [0.1, 0.15) is 36.9 Å². The van der Waals surface area contributed by atoms with E-state index in [1.165, 1.54) is 29.1 Å². The second-order valence-electron chi connectivity index (χ2n) is 11.0. The summed E-state index contributed by atoms with van der Waals surface area (Å²) in [5.41, 5.74) is 1.89. The van der Waals surface area contributed by atoms with E-state index >= 15 is 4.39 Å². The Labute approximate surface area is 256 Å². The number of rotatable bonds is 8. The van der Waals surface area contributed by atoms with Gasteiger partial charge in [0.25, 0.3) is 5.56 Å². The second-order valence-corrected chi connectivity index (χ2v) is 14.0. The molecule has 0 bridgehead atoms. The molecule has 2 aliphatic rings. The van der Waals surface area contributed by atoms with Gasteiger partial charge in [0.2, 0.25) is 20.1 Å². The number of nitrogens with zero attached hydrogens (tertiary/aromatic N) is 6. The normalized spacial score (nSPS) is 17.2. The molecule has 7 rings (SSSR count). The minimum Gasteiger partial charge on any atom is -0.364 e. The summed E-state index contributed by atoms with van der Waals surface area (Å²) in [5.74, 6) is -0.0538. The smallest absolute Gasteiger partial charge is 0.256 e. The van der Waals surface area contributed by atoms with Crippen molar-refractivity contribution in [1.29, 1.82) is 0 Å². The topological polar surface area (TPSA) is 135 Å². The lowest BCUT2D eigenvalue weighted by molar-refractivity contribution is 0.491. The fourth-order valence-electron chi connectivity index (χ4n) is 5.59. The maximum Gasteiger partial charge on any atom is 0.256 e. The van der Waals surface area contributed by atoms with Crippen molar-refractivity contribution in [2.24, 2.45) is 0 Å². The zero-order valence-corrected chi connectivity index (χ0v) is 25.4. The van der Waals surface area contributed by atoms with Crippen LogP contribution in [0.3, 0.4) is 0 Å². The Hall–Kier alpha value is -4.27. The third-order valence-corrected chi connectivity index (χ3v) is 11.0. The van der Waals surface area contributed by atoms with Crippen molar-refractivity contribution in [3.8, 4) is 0 Å². The van der Waals surface area contributed by atoms with Crippen LogP contribution in [0.5, 0.6) is 0 Å². The third kappa shape index (κ3) is 5.33. The van der Waals surface area contributed by atoms with Crippen LogP contribution < -0.4 is 21.1 Å². The number of piperazine rings is 1. The maximum absolute atomic E-state index is 15.2. The Morgan fingerprint density at radius 3 is 2.75 bits per heavy atom. The molecule has 226 valence electrons. The number of aromatic nitrogens is 5. The van der Waals surface area contributed by atoms with Crippen molar-refractivity contribution in [3.05, 3.63) is 87.8 Å². The minimum atomic E-state index is -3.95. The monoisotopic (exact) mass is 632 g/mol. The van der Waals surface area contributed by atoms with E-state index in [9.17, 15) is 13.2 Å². The molecule has 1 unspecified atom stereocenters. The molecule has 1 atom stereocenters. The molecule has 0 amide bonds. The first kappa shape index (κ1) is 28.5. The summed E-state index contributed by atoms with van der Waals surface area (Å²) in [6, 6.07) is 9.91. The Bertz CT molecular complexity index is 2030. The van der Waals surface area contributed by atoms with Crippen molar-refractivity contribution in [2.45, 2.75) is 47.5 Å². The summed E-state index contributed by atoms with van der Waals surface area (Å²) in [6.45, 7) is 4.21. The molecule has 0 spiro atoms. The van der Waals surface area contributed by atoms with Crippen LogP contribution in [0.25, 0.3) is 11.0 Å². The van der Waals surface area contributed by atoms with Crippen LogP contribution in [-0.4, -0.2) is 58.6 Å². The number of hydrogen-bond donors (Lipinski definition) is 2. The largest absolute Gasteiger partial charge is 0.364 e. The highest BCUT2D eigenvalue weighted by Crippen LogP contribution is 2.39. The van der Waals surface area contributed by atoms with Crippen LogP contribution >= 0.6 is 11.3 Å². The van der Waals surface area contributed by atoms with E-state index in [4.69, 9.17) is 0 Å². The molecule has 1 saturated carbocycles. The van der Waals surface area contributed by atoms with Crippen molar-refractivity contribution in [2.75, 3.05) is 29.9 Å². The Kier molecular flexibility index (Phi) is 7.34. The Morgan fingerprint density at radius 1 is 1.14 bits per heavy atom. The Balaban J connectivity index is 1.26. The van der Waals surface area contributed by atoms with Gasteiger partial charge in [-0.1, -0.05) is 0 Å². The molecular formula is C30H29FN8O3S2. The third-order valence-electron chi connectivity index (χ3n) is 7.97. The summed E-state index contributed by atoms with van der Waals surface area (Å²) >= 11 is 1.02. The van der Waals surface area contributed by atoms with Crippen LogP contribution in [0.4, 0.5) is 21.7 Å². The van der Waals surface area contributed by atoms with Gasteiger partial charge >= 0.3 is 0 Å². The van der Waals surface area contributed by atoms with E-state index < -0.39 is 9.84 Å². The number of sulfone groups is 1. The summed E-state index contributed by atoms with van der Waals surface area (Å²) in [4.78, 5) is 33.3. The van der Waals surface area contributed by atoms with Gasteiger partial charge in [-0.3, -0.25) is 14.3 Å². The first-order chi connectivity index (χ1) is 21.3. The van der Waals surface area contributed by atoms with Gasteiger partial charge in [-0.15, -0.1) is 11.3 Å². The number of thiazole rings is 1. The molecule has 4 aromatic heterocycles. The van der Waals surface area contributed by atoms with Gasteiger partial charge in [0.1, 0.15) is 11.5 Å². The average molecular weight is 633 g/mol. The van der Waals surface area contributed by atoms with Gasteiger partial charge in [0.15, 0.2) is 0 Å². The van der Waals surface area contributed by atoms with Gasteiger partial charge < -0.3 is 15.5 Å². The van der Waals surface area contributed by atoms with Gasteiger partial charge in [-0.25, -0.2) is 22.8 Å². The molecule has 0 radical (unpaired) electrons. The van der Waals surface area contributed by atoms with E-state index in [0.717, 1.165) is 37.3 Å². The number of hydrogen-bond acceptors (Lipinski definition) is 11. The summed E-state index contributed by atoms with van der Waals surface area (Å²) in [6.07, 6.45) is 6.35. The lowest BCUT2D eigenvalue weighted by atomic mass is 10.1. The van der Waals surface area contributed by atoms with Crippen molar-refractivity contribution in [3.63, 3.8) is 0 Å². The molecule has 11 nitrogen and oxygen atoms in total. The number of fused-ring (bicyclic) bond motifs is 1. The standard InChI is InChI=1S/C30H29FN8O3S2/c1-18-15-32-9-11-38(18)25-7-6-21(14-23(25)31)36-29-35-16-20-13-22(19-4-5-19)28(40)39(27(20)37-29)17-24-26(3-2-8-33-24)44(41,42)30-34-10-12-43-30/h2-3,6-8,10,12-14,16,18-19,32H,4-5,9,11,15,17H2,1H3,(H,35,36,37). The lowest BCUT2D eigenvalue weighted by Crippen LogP contribution is -2.50. The zero-order chi connectivity index (χ0) is 30.4. The van der Waals surface area contributed by atoms with E-state index in [1.54, 1.807) is 29.8 Å². The summed E-state index contributed by atoms with van der Waals surface area (Å²) < 4.78 is 43.5. The second kappa shape index (κ2) is 11.3. The van der Waals surface area contributed by atoms with E-state index in [1.807, 2.05) is 11.0 Å². The van der Waals surface area contributed by atoms with Crippen LogP contribution in [0.2, 0.25) is 0 Å². The summed E-state index contributed by atoms with van der Waals surface area (Å²) in [7, 11) is -3.95. The molecule has 5 heterocycles. The molecule has 2 N–H and O–H groups in total. The first-order valence-corrected chi connectivity index (χ1v) is 16.7. The number of anilines is 3. The fourth-order valence-corrected chi connectivity index (χ4v) is 7.97. The quantitative estimate of drug-likeness (QED) is 0.258. The SMILES string of the molecule is CC1CNCCN1c1ccc(Nc2ncc3cc(C4CC4)c(=O)n(Cc4ncccc4S(=O)(=O)c4nccs4)c3n2)cc1F. The molecular weight excluding hydrogens is 604 g/mol. The predicted octanol–water partition coefficient (Wildman–Crippen LogP) is 4.08. The van der Waals surface area contributed by atoms with E-state index in [2.05, 4.69) is 37.5 Å². The molecule has 1 saturated heterocycles. The number of pyridine rings is 2. The van der Waals surface area contributed by atoms with Crippen LogP contribution in [0.15, 0.2) is 74.4 Å². The van der Waals surface area contributed by atoms with Crippen LogP contribution in [0, 0.1) is 5.82 Å². The Morgan fingerprint density at radius 2 is 2.00 bits per heavy atom. The minimum absolute atomic E-state index is 0.0198. The predicted molar refractivity (Wildman–Crippen MR) is 166 cm³/mol. The number of nitrogens with one attached hydrogen (secondary N) is 2. The number of halogens is 1. The van der Waals surface area contributed by atoms with E-state index in [0.29, 0.717) is 34.5 Å². The lowest BCUT2D eigenvalue weighted by Gasteiger charge is -2.36. The van der Waals surface area contributed by atoms with Crippen LogP contribution in [-0.2, 0) is 16.4 Å². The molecule has 14 heteroatoms. The van der Waals surface area contributed by atoms with Gasteiger partial charge in [-0.2, -0.15) is 4.98 Å². The fraction of sp³-hybridized carbons (Fsp3) is 0.300. The molecule has 1 aliphatic heterocycles. The van der Waals surface area contributed by atoms with Crippen molar-refractivity contribution < 1.29 is 12.8 Å². The van der Waals surface area contributed by atoms with Crippen molar-refractivity contribution in [1.82, 2.24) is 29.8 Å². The highest BCUT2D eigenvalue weighted by Gasteiger charge is 2.30. The van der Waals surface area contributed by atoms with Gasteiger partial charge in [0, 0.05) is 66.3 Å². The summed E-state index contributed by atoms with van der Waals surface area (Å²) in [5, 5.41) is 8.60. The van der Waals surface area contributed by atoms with Crippen molar-refractivity contribution >= 4 is 49.5 Å².